The van der Waals surface area contributed by atoms with Crippen LogP contribution in [0.2, 0.25) is 0 Å². The molecule has 1 amide bonds. The first-order chi connectivity index (χ1) is 9.29. The Balaban J connectivity index is 1.65. The molecule has 0 aromatic heterocycles. The molecule has 19 heavy (non-hydrogen) atoms. The third-order valence-electron chi connectivity index (χ3n) is 4.18. The van der Waals surface area contributed by atoms with Crippen LogP contribution in [0, 0.1) is 5.92 Å². The molecule has 1 heterocycles. The molecule has 0 aromatic carbocycles. The fraction of sp³-hybridized carbons (Fsp3) is 0.800. The zero-order valence-corrected chi connectivity index (χ0v) is 11.9. The smallest absolute Gasteiger partial charge is 0.220 e. The Kier molecular flexibility index (Phi) is 5.86. The van der Waals surface area contributed by atoms with Crippen molar-refractivity contribution >= 4 is 5.91 Å². The minimum Gasteiger partial charge on any atom is -0.383 e. The average molecular weight is 266 g/mol. The summed E-state index contributed by atoms with van der Waals surface area (Å²) in [6.45, 7) is 3.67. The van der Waals surface area contributed by atoms with E-state index in [0.29, 0.717) is 18.4 Å². The molecular formula is C15H26N2O2. The van der Waals surface area contributed by atoms with Crippen LogP contribution in [-0.2, 0) is 9.53 Å². The van der Waals surface area contributed by atoms with Crippen LogP contribution in [0.5, 0.6) is 0 Å². The predicted molar refractivity (Wildman–Crippen MR) is 76.0 cm³/mol. The Morgan fingerprint density at radius 3 is 3.11 bits per heavy atom. The molecule has 0 radical (unpaired) electrons. The molecule has 0 spiro atoms. The van der Waals surface area contributed by atoms with Gasteiger partial charge < -0.3 is 10.1 Å². The molecule has 1 aliphatic heterocycles. The Bertz CT molecular complexity index is 317. The van der Waals surface area contributed by atoms with E-state index in [-0.39, 0.29) is 5.91 Å². The Morgan fingerprint density at radius 1 is 1.47 bits per heavy atom. The summed E-state index contributed by atoms with van der Waals surface area (Å²) in [5.41, 5.74) is 0. The molecule has 2 atom stereocenters. The molecule has 4 nitrogen and oxygen atoms in total. The molecule has 1 saturated heterocycles. The number of carbonyl (C=O) groups excluding carboxylic acids is 1. The minimum absolute atomic E-state index is 0.204. The zero-order valence-electron chi connectivity index (χ0n) is 11.9. The lowest BCUT2D eigenvalue weighted by Gasteiger charge is -2.24. The zero-order chi connectivity index (χ0) is 13.5. The monoisotopic (exact) mass is 266 g/mol. The van der Waals surface area contributed by atoms with Crippen molar-refractivity contribution in [1.82, 2.24) is 10.2 Å². The van der Waals surface area contributed by atoms with Gasteiger partial charge in [0.1, 0.15) is 0 Å². The lowest BCUT2D eigenvalue weighted by molar-refractivity contribution is -0.121. The number of hydrogen-bond donors (Lipinski definition) is 1. The van der Waals surface area contributed by atoms with Crippen LogP contribution in [0.25, 0.3) is 0 Å². The quantitative estimate of drug-likeness (QED) is 0.711. The number of nitrogens with one attached hydrogen (secondary N) is 1. The second kappa shape index (κ2) is 7.65. The highest BCUT2D eigenvalue weighted by atomic mass is 16.5. The summed E-state index contributed by atoms with van der Waals surface area (Å²) in [5, 5.41) is 3.10. The standard InChI is InChI=1S/C15H26N2O2/c1-19-10-9-17-8-4-7-14(17)12-16-15(18)11-13-5-2-3-6-13/h2,5,13-14H,3-4,6-12H2,1H3,(H,16,18)/t13-,14+/m0/s1. The van der Waals surface area contributed by atoms with Crippen molar-refractivity contribution in [2.24, 2.45) is 5.92 Å². The van der Waals surface area contributed by atoms with Gasteiger partial charge in [-0.2, -0.15) is 0 Å². The lowest BCUT2D eigenvalue weighted by Crippen LogP contribution is -2.41. The van der Waals surface area contributed by atoms with Gasteiger partial charge in [-0.25, -0.2) is 0 Å². The van der Waals surface area contributed by atoms with Crippen molar-refractivity contribution < 1.29 is 9.53 Å². The molecule has 108 valence electrons. The fourth-order valence-corrected chi connectivity index (χ4v) is 3.04. The van der Waals surface area contributed by atoms with Gasteiger partial charge in [0, 0.05) is 32.7 Å². The lowest BCUT2D eigenvalue weighted by atomic mass is 10.0. The van der Waals surface area contributed by atoms with E-state index in [4.69, 9.17) is 4.74 Å². The van der Waals surface area contributed by atoms with E-state index in [2.05, 4.69) is 22.4 Å². The SMILES string of the molecule is COCCN1CCC[C@@H]1CNC(=O)C[C@H]1C=CCC1. The molecule has 0 bridgehead atoms. The average Bonchev–Trinajstić information content (AvgIpc) is 3.05. The maximum Gasteiger partial charge on any atom is 0.220 e. The summed E-state index contributed by atoms with van der Waals surface area (Å²) in [7, 11) is 1.74. The van der Waals surface area contributed by atoms with Gasteiger partial charge in [-0.15, -0.1) is 0 Å². The number of rotatable bonds is 7. The first-order valence-corrected chi connectivity index (χ1v) is 7.46. The maximum atomic E-state index is 11.9. The van der Waals surface area contributed by atoms with Crippen molar-refractivity contribution in [1.29, 1.82) is 0 Å². The Hall–Kier alpha value is -0.870. The van der Waals surface area contributed by atoms with Crippen molar-refractivity contribution in [2.75, 3.05) is 33.4 Å². The van der Waals surface area contributed by atoms with Crippen LogP contribution in [0.15, 0.2) is 12.2 Å². The molecule has 2 rings (SSSR count). The van der Waals surface area contributed by atoms with E-state index >= 15 is 0 Å². The minimum atomic E-state index is 0.204. The Morgan fingerprint density at radius 2 is 2.37 bits per heavy atom. The van der Waals surface area contributed by atoms with Gasteiger partial charge in [-0.05, 0) is 38.1 Å². The molecular weight excluding hydrogens is 240 g/mol. The number of ether oxygens (including phenoxy) is 1. The van der Waals surface area contributed by atoms with Crippen LogP contribution < -0.4 is 5.32 Å². The van der Waals surface area contributed by atoms with Gasteiger partial charge in [0.2, 0.25) is 5.91 Å². The normalized spacial score (nSPS) is 27.0. The summed E-state index contributed by atoms with van der Waals surface area (Å²) in [5.74, 6) is 0.670. The molecule has 1 N–H and O–H groups in total. The van der Waals surface area contributed by atoms with Crippen LogP contribution in [-0.4, -0.2) is 50.2 Å². The second-order valence-electron chi connectivity index (χ2n) is 5.60. The van der Waals surface area contributed by atoms with Crippen molar-refractivity contribution in [3.8, 4) is 0 Å². The van der Waals surface area contributed by atoms with Gasteiger partial charge in [-0.3, -0.25) is 9.69 Å². The molecule has 0 unspecified atom stereocenters. The summed E-state index contributed by atoms with van der Waals surface area (Å²) in [4.78, 5) is 14.3. The molecule has 2 aliphatic rings. The predicted octanol–water partition coefficient (Wildman–Crippen LogP) is 1.57. The van der Waals surface area contributed by atoms with Gasteiger partial charge in [0.25, 0.3) is 0 Å². The molecule has 1 aliphatic carbocycles. The van der Waals surface area contributed by atoms with E-state index in [1.165, 1.54) is 12.8 Å². The first kappa shape index (κ1) is 14.5. The van der Waals surface area contributed by atoms with E-state index < -0.39 is 0 Å². The third-order valence-corrected chi connectivity index (χ3v) is 4.18. The number of hydrogen-bond acceptors (Lipinski definition) is 3. The summed E-state index contributed by atoms with van der Waals surface area (Å²) in [6, 6.07) is 0.498. The number of methoxy groups -OCH3 is 1. The third kappa shape index (κ3) is 4.62. The summed E-state index contributed by atoms with van der Waals surface area (Å²) < 4.78 is 5.13. The highest BCUT2D eigenvalue weighted by Crippen LogP contribution is 2.20. The maximum absolute atomic E-state index is 11.9. The number of amides is 1. The largest absolute Gasteiger partial charge is 0.383 e. The number of likely N-dealkylation sites (tertiary alicyclic amines) is 1. The highest BCUT2D eigenvalue weighted by Gasteiger charge is 2.24. The molecule has 0 aromatic rings. The molecule has 4 heteroatoms. The van der Waals surface area contributed by atoms with Crippen LogP contribution in [0.3, 0.4) is 0 Å². The van der Waals surface area contributed by atoms with Crippen molar-refractivity contribution in [3.63, 3.8) is 0 Å². The number of nitrogens with zero attached hydrogens (tertiary/aromatic N) is 1. The topological polar surface area (TPSA) is 41.6 Å². The second-order valence-corrected chi connectivity index (χ2v) is 5.60. The fourth-order valence-electron chi connectivity index (χ4n) is 3.04. The van der Waals surface area contributed by atoms with Crippen molar-refractivity contribution in [3.05, 3.63) is 12.2 Å². The highest BCUT2D eigenvalue weighted by molar-refractivity contribution is 5.76. The summed E-state index contributed by atoms with van der Waals surface area (Å²) in [6.07, 6.45) is 9.70. The first-order valence-electron chi connectivity index (χ1n) is 7.46. The van der Waals surface area contributed by atoms with E-state index in [0.717, 1.165) is 39.1 Å². The van der Waals surface area contributed by atoms with Crippen LogP contribution in [0.4, 0.5) is 0 Å². The van der Waals surface area contributed by atoms with E-state index in [9.17, 15) is 4.79 Å². The summed E-state index contributed by atoms with van der Waals surface area (Å²) >= 11 is 0. The van der Waals surface area contributed by atoms with E-state index in [1.54, 1.807) is 7.11 Å². The Labute approximate surface area is 116 Å². The van der Waals surface area contributed by atoms with Gasteiger partial charge in [0.15, 0.2) is 0 Å². The van der Waals surface area contributed by atoms with Gasteiger partial charge >= 0.3 is 0 Å². The van der Waals surface area contributed by atoms with Gasteiger partial charge in [0.05, 0.1) is 6.61 Å². The molecule has 1 fully saturated rings. The van der Waals surface area contributed by atoms with Crippen LogP contribution in [0.1, 0.15) is 32.1 Å². The van der Waals surface area contributed by atoms with Gasteiger partial charge in [-0.1, -0.05) is 12.2 Å². The number of carbonyl (C=O) groups is 1. The molecule has 0 saturated carbocycles. The van der Waals surface area contributed by atoms with Crippen molar-refractivity contribution in [2.45, 2.75) is 38.1 Å². The number of allylic oxidation sites excluding steroid dienone is 2. The van der Waals surface area contributed by atoms with Crippen LogP contribution >= 0.6 is 0 Å². The van der Waals surface area contributed by atoms with E-state index in [1.807, 2.05) is 0 Å².